The van der Waals surface area contributed by atoms with Crippen molar-refractivity contribution in [3.05, 3.63) is 27.2 Å². The van der Waals surface area contributed by atoms with Crippen LogP contribution >= 0.6 is 34.8 Å². The van der Waals surface area contributed by atoms with Crippen molar-refractivity contribution in [3.63, 3.8) is 0 Å². The zero-order valence-electron chi connectivity index (χ0n) is 9.23. The van der Waals surface area contributed by atoms with Crippen molar-refractivity contribution in [1.82, 2.24) is 0 Å². The van der Waals surface area contributed by atoms with E-state index in [2.05, 4.69) is 10.1 Å². The number of halogens is 3. The molecule has 0 atom stereocenters. The van der Waals surface area contributed by atoms with Gasteiger partial charge in [0.25, 0.3) is 0 Å². The highest BCUT2D eigenvalue weighted by Gasteiger charge is 2.06. The van der Waals surface area contributed by atoms with Gasteiger partial charge in [-0.15, -0.1) is 0 Å². The van der Waals surface area contributed by atoms with E-state index in [9.17, 15) is 4.79 Å². The second-order valence-corrected chi connectivity index (χ2v) is 4.57. The third-order valence-electron chi connectivity index (χ3n) is 2.11. The van der Waals surface area contributed by atoms with E-state index in [1.165, 1.54) is 7.11 Å². The first kappa shape index (κ1) is 14.4. The molecule has 0 heterocycles. The van der Waals surface area contributed by atoms with Crippen LogP contribution in [0.5, 0.6) is 0 Å². The Kier molecular flexibility index (Phi) is 5.89. The number of esters is 1. The molecule has 0 bridgehead atoms. The first-order valence-corrected chi connectivity index (χ1v) is 6.13. The maximum atomic E-state index is 10.9. The van der Waals surface area contributed by atoms with E-state index in [4.69, 9.17) is 34.8 Å². The molecule has 0 aliphatic carbocycles. The molecule has 3 nitrogen and oxygen atoms in total. The van der Waals surface area contributed by atoms with Crippen molar-refractivity contribution in [1.29, 1.82) is 0 Å². The first-order valence-electron chi connectivity index (χ1n) is 5.00. The van der Waals surface area contributed by atoms with E-state index in [0.29, 0.717) is 40.1 Å². The number of benzene rings is 1. The van der Waals surface area contributed by atoms with Crippen LogP contribution in [0.1, 0.15) is 12.8 Å². The van der Waals surface area contributed by atoms with Gasteiger partial charge in [-0.25, -0.2) is 0 Å². The normalized spacial score (nSPS) is 10.1. The van der Waals surface area contributed by atoms with Crippen molar-refractivity contribution >= 4 is 46.5 Å². The number of carbonyl (C=O) groups excluding carboxylic acids is 1. The van der Waals surface area contributed by atoms with Crippen LogP contribution in [0.4, 0.5) is 5.69 Å². The number of hydrogen-bond donors (Lipinski definition) is 1. The van der Waals surface area contributed by atoms with Crippen LogP contribution in [0.3, 0.4) is 0 Å². The maximum absolute atomic E-state index is 10.9. The van der Waals surface area contributed by atoms with Crippen molar-refractivity contribution in [2.45, 2.75) is 12.8 Å². The molecular weight excluding hydrogens is 284 g/mol. The largest absolute Gasteiger partial charge is 0.469 e. The first-order chi connectivity index (χ1) is 8.04. The van der Waals surface area contributed by atoms with Gasteiger partial charge < -0.3 is 10.1 Å². The lowest BCUT2D eigenvalue weighted by atomic mass is 10.3. The molecule has 0 spiro atoms. The second-order valence-electron chi connectivity index (χ2n) is 3.35. The van der Waals surface area contributed by atoms with Crippen LogP contribution in [0.2, 0.25) is 15.1 Å². The Bertz CT molecular complexity index is 410. The van der Waals surface area contributed by atoms with Gasteiger partial charge in [-0.05, 0) is 18.6 Å². The summed E-state index contributed by atoms with van der Waals surface area (Å²) < 4.78 is 4.53. The fraction of sp³-hybridized carbons (Fsp3) is 0.364. The molecule has 0 aliphatic heterocycles. The Balaban J connectivity index is 2.47. The average molecular weight is 297 g/mol. The van der Waals surface area contributed by atoms with Crippen LogP contribution in [0.25, 0.3) is 0 Å². The van der Waals surface area contributed by atoms with Crippen LogP contribution < -0.4 is 5.32 Å². The Morgan fingerprint density at radius 1 is 1.24 bits per heavy atom. The Morgan fingerprint density at radius 2 is 1.88 bits per heavy atom. The van der Waals surface area contributed by atoms with Gasteiger partial charge in [0, 0.05) is 13.0 Å². The van der Waals surface area contributed by atoms with Gasteiger partial charge in [0.05, 0.1) is 27.9 Å². The van der Waals surface area contributed by atoms with E-state index >= 15 is 0 Å². The summed E-state index contributed by atoms with van der Waals surface area (Å²) in [5, 5.41) is 4.43. The van der Waals surface area contributed by atoms with Gasteiger partial charge in [-0.2, -0.15) is 0 Å². The van der Waals surface area contributed by atoms with Gasteiger partial charge in [-0.3, -0.25) is 4.79 Å². The van der Waals surface area contributed by atoms with Gasteiger partial charge in [0.1, 0.15) is 0 Å². The minimum absolute atomic E-state index is 0.230. The van der Waals surface area contributed by atoms with Crippen LogP contribution in [0.15, 0.2) is 12.1 Å². The molecule has 94 valence electrons. The molecule has 0 fully saturated rings. The Labute approximate surface area is 115 Å². The molecule has 0 radical (unpaired) electrons. The van der Waals surface area contributed by atoms with E-state index < -0.39 is 0 Å². The lowest BCUT2D eigenvalue weighted by molar-refractivity contribution is -0.140. The number of hydrogen-bond acceptors (Lipinski definition) is 3. The predicted molar refractivity (Wildman–Crippen MR) is 71.2 cm³/mol. The molecule has 17 heavy (non-hydrogen) atoms. The standard InChI is InChI=1S/C11H12Cl3NO2/c1-17-11(16)3-2-4-15-10-6-8(13)7(12)5-9(10)14/h5-6,15H,2-4H2,1H3. The predicted octanol–water partition coefficient (Wildman–Crippen LogP) is 4.01. The van der Waals surface area contributed by atoms with Crippen LogP contribution in [-0.2, 0) is 9.53 Å². The maximum Gasteiger partial charge on any atom is 0.305 e. The summed E-state index contributed by atoms with van der Waals surface area (Å²) in [6, 6.07) is 3.23. The molecule has 0 unspecified atom stereocenters. The fourth-order valence-electron chi connectivity index (χ4n) is 1.22. The highest BCUT2D eigenvalue weighted by Crippen LogP contribution is 2.32. The zero-order chi connectivity index (χ0) is 12.8. The molecule has 1 rings (SSSR count). The van der Waals surface area contributed by atoms with E-state index in [-0.39, 0.29) is 5.97 Å². The monoisotopic (exact) mass is 295 g/mol. The molecule has 0 saturated carbocycles. The minimum Gasteiger partial charge on any atom is -0.469 e. The molecular formula is C11H12Cl3NO2. The smallest absolute Gasteiger partial charge is 0.305 e. The molecule has 0 amide bonds. The zero-order valence-corrected chi connectivity index (χ0v) is 11.5. The van der Waals surface area contributed by atoms with Gasteiger partial charge in [0.2, 0.25) is 0 Å². The Hall–Kier alpha value is -0.640. The summed E-state index contributed by atoms with van der Waals surface area (Å²) in [7, 11) is 1.37. The molecule has 1 aromatic carbocycles. The number of methoxy groups -OCH3 is 1. The van der Waals surface area contributed by atoms with Crippen LogP contribution in [0, 0.1) is 0 Å². The topological polar surface area (TPSA) is 38.3 Å². The molecule has 6 heteroatoms. The van der Waals surface area contributed by atoms with Gasteiger partial charge in [-0.1, -0.05) is 34.8 Å². The third-order valence-corrected chi connectivity index (χ3v) is 3.15. The van der Waals surface area contributed by atoms with Crippen molar-refractivity contribution in [2.75, 3.05) is 19.0 Å². The number of ether oxygens (including phenoxy) is 1. The number of anilines is 1. The van der Waals surface area contributed by atoms with Crippen molar-refractivity contribution in [2.24, 2.45) is 0 Å². The molecule has 0 aliphatic rings. The van der Waals surface area contributed by atoms with E-state index in [1.807, 2.05) is 0 Å². The average Bonchev–Trinajstić information content (AvgIpc) is 2.30. The highest BCUT2D eigenvalue weighted by molar-refractivity contribution is 6.44. The second kappa shape index (κ2) is 6.94. The summed E-state index contributed by atoms with van der Waals surface area (Å²) in [6.45, 7) is 0.604. The molecule has 0 saturated heterocycles. The number of carbonyl (C=O) groups is 1. The highest BCUT2D eigenvalue weighted by atomic mass is 35.5. The number of nitrogens with one attached hydrogen (secondary N) is 1. The van der Waals surface area contributed by atoms with E-state index in [0.717, 1.165) is 0 Å². The summed E-state index contributed by atoms with van der Waals surface area (Å²) in [5.74, 6) is -0.230. The van der Waals surface area contributed by atoms with Crippen molar-refractivity contribution < 1.29 is 9.53 Å². The number of rotatable bonds is 5. The quantitative estimate of drug-likeness (QED) is 0.507. The Morgan fingerprint density at radius 3 is 2.53 bits per heavy atom. The SMILES string of the molecule is COC(=O)CCCNc1cc(Cl)c(Cl)cc1Cl. The third kappa shape index (κ3) is 4.62. The van der Waals surface area contributed by atoms with Gasteiger partial charge in [0.15, 0.2) is 0 Å². The summed E-state index contributed by atoms with van der Waals surface area (Å²) in [6.07, 6.45) is 1.02. The van der Waals surface area contributed by atoms with Crippen LogP contribution in [-0.4, -0.2) is 19.6 Å². The molecule has 0 aromatic heterocycles. The molecule has 1 aromatic rings. The summed E-state index contributed by atoms with van der Waals surface area (Å²) >= 11 is 17.6. The minimum atomic E-state index is -0.230. The summed E-state index contributed by atoms with van der Waals surface area (Å²) in [4.78, 5) is 10.9. The fourth-order valence-corrected chi connectivity index (χ4v) is 1.83. The van der Waals surface area contributed by atoms with E-state index in [1.54, 1.807) is 12.1 Å². The van der Waals surface area contributed by atoms with Gasteiger partial charge >= 0.3 is 5.97 Å². The lowest BCUT2D eigenvalue weighted by Crippen LogP contribution is -2.06. The van der Waals surface area contributed by atoms with Crippen molar-refractivity contribution in [3.8, 4) is 0 Å². The molecule has 1 N–H and O–H groups in total. The lowest BCUT2D eigenvalue weighted by Gasteiger charge is -2.09. The summed E-state index contributed by atoms with van der Waals surface area (Å²) in [5.41, 5.74) is 0.700.